The molecule has 0 unspecified atom stereocenters. The lowest BCUT2D eigenvalue weighted by Gasteiger charge is -2.33. The number of ether oxygens (including phenoxy) is 1. The van der Waals surface area contributed by atoms with Crippen LogP contribution < -0.4 is 0 Å². The molecule has 7 heteroatoms. The van der Waals surface area contributed by atoms with Crippen molar-refractivity contribution in [1.29, 1.82) is 0 Å². The van der Waals surface area contributed by atoms with Crippen molar-refractivity contribution in [2.24, 2.45) is 0 Å². The van der Waals surface area contributed by atoms with Crippen molar-refractivity contribution < 1.29 is 19.4 Å². The van der Waals surface area contributed by atoms with Gasteiger partial charge in [-0.1, -0.05) is 11.6 Å². The van der Waals surface area contributed by atoms with Crippen LogP contribution in [0.4, 0.5) is 0 Å². The number of carboxylic acid groups (broad SMARTS) is 1. The van der Waals surface area contributed by atoms with Crippen LogP contribution in [-0.2, 0) is 9.53 Å². The van der Waals surface area contributed by atoms with Crippen LogP contribution in [0.25, 0.3) is 0 Å². The number of carbonyl (C=O) groups excluding carboxylic acids is 1. The number of thiophene rings is 1. The second-order valence-corrected chi connectivity index (χ2v) is 6.30. The first kappa shape index (κ1) is 15.3. The Morgan fingerprint density at radius 1 is 1.40 bits per heavy atom. The minimum atomic E-state index is -0.904. The number of aliphatic carboxylic acids is 1. The number of carboxylic acids is 1. The summed E-state index contributed by atoms with van der Waals surface area (Å²) in [7, 11) is 0. The van der Waals surface area contributed by atoms with E-state index in [1.807, 2.05) is 0 Å². The molecule has 0 aliphatic carbocycles. The van der Waals surface area contributed by atoms with Gasteiger partial charge >= 0.3 is 5.97 Å². The Hall–Kier alpha value is -1.11. The van der Waals surface area contributed by atoms with Crippen molar-refractivity contribution in [3.63, 3.8) is 0 Å². The number of carbonyl (C=O) groups is 2. The van der Waals surface area contributed by atoms with Gasteiger partial charge in [0.15, 0.2) is 0 Å². The highest BCUT2D eigenvalue weighted by Crippen LogP contribution is 2.25. The monoisotopic (exact) mass is 317 g/mol. The molecule has 0 saturated carbocycles. The Morgan fingerprint density at radius 3 is 2.65 bits per heavy atom. The molecule has 110 valence electrons. The van der Waals surface area contributed by atoms with Gasteiger partial charge in [-0.25, -0.2) is 0 Å². The quantitative estimate of drug-likeness (QED) is 0.906. The second-order valence-electron chi connectivity index (χ2n) is 4.59. The molecule has 1 aliphatic heterocycles. The third kappa shape index (κ3) is 3.94. The molecule has 2 rings (SSSR count). The molecule has 0 atom stereocenters. The predicted molar refractivity (Wildman–Crippen MR) is 76.5 cm³/mol. The predicted octanol–water partition coefficient (Wildman–Crippen LogP) is 2.50. The summed E-state index contributed by atoms with van der Waals surface area (Å²) in [6, 6.07) is 3.40. The largest absolute Gasteiger partial charge is 0.481 e. The van der Waals surface area contributed by atoms with Crippen LogP contribution in [0.3, 0.4) is 0 Å². The van der Waals surface area contributed by atoms with Crippen LogP contribution in [0.15, 0.2) is 12.1 Å². The molecule has 1 amide bonds. The van der Waals surface area contributed by atoms with E-state index in [0.717, 1.165) is 12.8 Å². The van der Waals surface area contributed by atoms with E-state index in [0.29, 0.717) is 22.4 Å². The third-order valence-corrected chi connectivity index (χ3v) is 4.46. The van der Waals surface area contributed by atoms with E-state index in [-0.39, 0.29) is 24.9 Å². The molecule has 0 bridgehead atoms. The van der Waals surface area contributed by atoms with E-state index in [4.69, 9.17) is 21.4 Å². The van der Waals surface area contributed by atoms with Crippen molar-refractivity contribution in [2.75, 3.05) is 19.8 Å². The summed E-state index contributed by atoms with van der Waals surface area (Å²) in [5, 5.41) is 8.84. The molecule has 0 radical (unpaired) electrons. The maximum absolute atomic E-state index is 12.5. The van der Waals surface area contributed by atoms with E-state index in [9.17, 15) is 9.59 Å². The minimum Gasteiger partial charge on any atom is -0.481 e. The molecule has 20 heavy (non-hydrogen) atoms. The Kier molecular flexibility index (Phi) is 5.39. The first-order valence-corrected chi connectivity index (χ1v) is 7.63. The van der Waals surface area contributed by atoms with Crippen LogP contribution >= 0.6 is 22.9 Å². The SMILES string of the molecule is O=C(O)CCN(C(=O)c1ccc(Cl)s1)C1CCOCC1. The zero-order chi connectivity index (χ0) is 14.5. The molecular weight excluding hydrogens is 302 g/mol. The lowest BCUT2D eigenvalue weighted by Crippen LogP contribution is -2.44. The van der Waals surface area contributed by atoms with Gasteiger partial charge in [0.05, 0.1) is 15.6 Å². The van der Waals surface area contributed by atoms with Crippen molar-refractivity contribution in [1.82, 2.24) is 4.90 Å². The minimum absolute atomic E-state index is 0.0384. The fraction of sp³-hybridized carbons (Fsp3) is 0.538. The van der Waals surface area contributed by atoms with Crippen molar-refractivity contribution in [3.05, 3.63) is 21.3 Å². The molecule has 0 aromatic carbocycles. The van der Waals surface area contributed by atoms with Crippen molar-refractivity contribution in [3.8, 4) is 0 Å². The molecule has 1 aliphatic rings. The normalized spacial score (nSPS) is 16.1. The number of nitrogens with zero attached hydrogens (tertiary/aromatic N) is 1. The van der Waals surface area contributed by atoms with Gasteiger partial charge < -0.3 is 14.7 Å². The fourth-order valence-electron chi connectivity index (χ4n) is 2.23. The first-order valence-electron chi connectivity index (χ1n) is 6.44. The van der Waals surface area contributed by atoms with Gasteiger partial charge in [0.1, 0.15) is 0 Å². The topological polar surface area (TPSA) is 66.8 Å². The van der Waals surface area contributed by atoms with Gasteiger partial charge in [-0.15, -0.1) is 11.3 Å². The summed E-state index contributed by atoms with van der Waals surface area (Å²) in [5.74, 6) is -1.05. The molecule has 1 fully saturated rings. The molecule has 1 N–H and O–H groups in total. The van der Waals surface area contributed by atoms with Gasteiger partial charge in [0, 0.05) is 25.8 Å². The van der Waals surface area contributed by atoms with Crippen molar-refractivity contribution >= 4 is 34.8 Å². The Balaban J connectivity index is 2.11. The van der Waals surface area contributed by atoms with E-state index >= 15 is 0 Å². The summed E-state index contributed by atoms with van der Waals surface area (Å²) in [6.45, 7) is 1.42. The van der Waals surface area contributed by atoms with Gasteiger partial charge in [-0.3, -0.25) is 9.59 Å². The average Bonchev–Trinajstić information content (AvgIpc) is 2.86. The standard InChI is InChI=1S/C13H16ClNO4S/c14-11-2-1-10(20-11)13(18)15(6-3-12(16)17)9-4-7-19-8-5-9/h1-2,9H,3-8H2,(H,16,17). The lowest BCUT2D eigenvalue weighted by molar-refractivity contribution is -0.137. The summed E-state index contributed by atoms with van der Waals surface area (Å²) in [5.41, 5.74) is 0. The highest BCUT2D eigenvalue weighted by atomic mass is 35.5. The molecule has 1 aromatic rings. The van der Waals surface area contributed by atoms with Crippen molar-refractivity contribution in [2.45, 2.75) is 25.3 Å². The lowest BCUT2D eigenvalue weighted by atomic mass is 10.1. The van der Waals surface area contributed by atoms with Gasteiger partial charge in [0.2, 0.25) is 0 Å². The maximum Gasteiger partial charge on any atom is 0.305 e. The highest BCUT2D eigenvalue weighted by molar-refractivity contribution is 7.17. The van der Waals surface area contributed by atoms with Crippen LogP contribution in [0, 0.1) is 0 Å². The highest BCUT2D eigenvalue weighted by Gasteiger charge is 2.27. The fourth-order valence-corrected chi connectivity index (χ4v) is 3.23. The summed E-state index contributed by atoms with van der Waals surface area (Å²) in [4.78, 5) is 25.5. The zero-order valence-electron chi connectivity index (χ0n) is 10.9. The smallest absolute Gasteiger partial charge is 0.305 e. The van der Waals surface area contributed by atoms with Gasteiger partial charge in [0.25, 0.3) is 5.91 Å². The van der Waals surface area contributed by atoms with Crippen LogP contribution in [0.2, 0.25) is 4.34 Å². The second kappa shape index (κ2) is 7.06. The number of amides is 1. The zero-order valence-corrected chi connectivity index (χ0v) is 12.5. The third-order valence-electron chi connectivity index (χ3n) is 3.24. The molecular formula is C13H16ClNO4S. The molecule has 5 nitrogen and oxygen atoms in total. The average molecular weight is 318 g/mol. The van der Waals surface area contributed by atoms with Crippen LogP contribution in [-0.4, -0.2) is 47.7 Å². The Morgan fingerprint density at radius 2 is 2.10 bits per heavy atom. The van der Waals surface area contributed by atoms with E-state index < -0.39 is 5.97 Å². The van der Waals surface area contributed by atoms with Crippen LogP contribution in [0.5, 0.6) is 0 Å². The van der Waals surface area contributed by atoms with E-state index in [1.54, 1.807) is 17.0 Å². The molecule has 2 heterocycles. The number of hydrogen-bond acceptors (Lipinski definition) is 4. The molecule has 1 saturated heterocycles. The first-order chi connectivity index (χ1) is 9.58. The summed E-state index contributed by atoms with van der Waals surface area (Å²) >= 11 is 7.07. The summed E-state index contributed by atoms with van der Waals surface area (Å²) < 4.78 is 5.85. The van der Waals surface area contributed by atoms with E-state index in [1.165, 1.54) is 11.3 Å². The molecule has 1 aromatic heterocycles. The number of hydrogen-bond donors (Lipinski definition) is 1. The number of halogens is 1. The molecule has 0 spiro atoms. The van der Waals surface area contributed by atoms with Gasteiger partial charge in [-0.05, 0) is 25.0 Å². The van der Waals surface area contributed by atoms with Crippen LogP contribution in [0.1, 0.15) is 28.9 Å². The number of rotatable bonds is 5. The summed E-state index contributed by atoms with van der Waals surface area (Å²) in [6.07, 6.45) is 1.43. The Bertz CT molecular complexity index is 484. The van der Waals surface area contributed by atoms with Gasteiger partial charge in [-0.2, -0.15) is 0 Å². The Labute approximate surface area is 126 Å². The maximum atomic E-state index is 12.5. The van der Waals surface area contributed by atoms with E-state index in [2.05, 4.69) is 0 Å².